The van der Waals surface area contributed by atoms with Crippen LogP contribution in [-0.2, 0) is 14.4 Å². The van der Waals surface area contributed by atoms with E-state index in [1.165, 1.54) is 4.90 Å². The second-order valence-electron chi connectivity index (χ2n) is 10.2. The fourth-order valence-corrected chi connectivity index (χ4v) is 7.33. The fraction of sp³-hybridized carbons (Fsp3) is 0.258. The van der Waals surface area contributed by atoms with Crippen LogP contribution >= 0.6 is 11.6 Å². The minimum absolute atomic E-state index is 0.00186. The van der Waals surface area contributed by atoms with Gasteiger partial charge in [0.1, 0.15) is 0 Å². The van der Waals surface area contributed by atoms with Crippen LogP contribution in [0.4, 0.5) is 5.69 Å². The summed E-state index contributed by atoms with van der Waals surface area (Å²) in [5.74, 6) is -2.08. The number of amides is 2. The van der Waals surface area contributed by atoms with Crippen molar-refractivity contribution >= 4 is 46.0 Å². The van der Waals surface area contributed by atoms with E-state index < -0.39 is 22.7 Å². The molecule has 0 N–H and O–H groups in total. The molecule has 3 aliphatic rings. The van der Waals surface area contributed by atoms with Crippen molar-refractivity contribution in [3.63, 3.8) is 0 Å². The van der Waals surface area contributed by atoms with Crippen molar-refractivity contribution in [3.05, 3.63) is 101 Å². The summed E-state index contributed by atoms with van der Waals surface area (Å²) in [6, 6.07) is 26.5. The van der Waals surface area contributed by atoms with Crippen molar-refractivity contribution in [1.82, 2.24) is 0 Å². The molecular formula is C31H26ClNO3. The summed E-state index contributed by atoms with van der Waals surface area (Å²) in [7, 11) is 0. The number of imide groups is 1. The SMILES string of the molecule is CCC[C@@]12C(=O)[C@@](C)(C(c3ccccc3)=C1c1ccccc1)[C@H]1C(=O)N(c3ccc(Cl)cc3)C(=O)[C@@H]12. The molecule has 6 rings (SSSR count). The highest BCUT2D eigenvalue weighted by Crippen LogP contribution is 2.74. The van der Waals surface area contributed by atoms with Gasteiger partial charge in [-0.05, 0) is 59.9 Å². The number of allylic oxidation sites excluding steroid dienone is 2. The Morgan fingerprint density at radius 2 is 1.28 bits per heavy atom. The number of fused-ring (bicyclic) bond motifs is 5. The standard InChI is InChI=1S/C31H26ClNO3/c1-3-18-31-24(20-12-8-5-9-13-20)23(19-10-6-4-7-11-19)30(2,29(31)36)25-26(31)28(35)33(27(25)34)22-16-14-21(32)15-17-22/h4-17,25-26H,3,18H2,1-2H3/t25-,26-,30+,31-/m1/s1. The van der Waals surface area contributed by atoms with E-state index in [9.17, 15) is 14.4 Å². The average molecular weight is 496 g/mol. The molecule has 4 atom stereocenters. The van der Waals surface area contributed by atoms with Gasteiger partial charge in [-0.25, -0.2) is 4.90 Å². The first-order valence-corrected chi connectivity index (χ1v) is 12.8. The molecule has 1 saturated carbocycles. The number of anilines is 1. The van der Waals surface area contributed by atoms with Gasteiger partial charge < -0.3 is 0 Å². The van der Waals surface area contributed by atoms with E-state index >= 15 is 0 Å². The molecule has 5 heteroatoms. The molecule has 0 radical (unpaired) electrons. The molecule has 36 heavy (non-hydrogen) atoms. The van der Waals surface area contributed by atoms with E-state index in [4.69, 9.17) is 11.6 Å². The Bertz CT molecular complexity index is 1430. The number of hydrogen-bond acceptors (Lipinski definition) is 3. The predicted molar refractivity (Wildman–Crippen MR) is 141 cm³/mol. The maximum absolute atomic E-state index is 14.6. The topological polar surface area (TPSA) is 54.5 Å². The molecule has 3 aromatic rings. The Labute approximate surface area is 215 Å². The van der Waals surface area contributed by atoms with Gasteiger partial charge in [-0.1, -0.05) is 85.6 Å². The lowest BCUT2D eigenvalue weighted by molar-refractivity contribution is -0.134. The molecule has 0 spiro atoms. The van der Waals surface area contributed by atoms with Crippen molar-refractivity contribution in [3.8, 4) is 0 Å². The summed E-state index contributed by atoms with van der Waals surface area (Å²) in [4.78, 5) is 44.1. The van der Waals surface area contributed by atoms with Crippen molar-refractivity contribution in [2.45, 2.75) is 26.7 Å². The second-order valence-corrected chi connectivity index (χ2v) is 10.6. The Morgan fingerprint density at radius 1 is 0.750 bits per heavy atom. The third-order valence-electron chi connectivity index (χ3n) is 8.41. The Balaban J connectivity index is 1.65. The smallest absolute Gasteiger partial charge is 0.239 e. The molecule has 2 fully saturated rings. The van der Waals surface area contributed by atoms with Crippen molar-refractivity contribution in [1.29, 1.82) is 0 Å². The molecule has 180 valence electrons. The lowest BCUT2D eigenvalue weighted by atomic mass is 9.61. The highest BCUT2D eigenvalue weighted by molar-refractivity contribution is 6.35. The Hall–Kier alpha value is -3.50. The lowest BCUT2D eigenvalue weighted by Gasteiger charge is -2.37. The van der Waals surface area contributed by atoms with Gasteiger partial charge in [-0.2, -0.15) is 0 Å². The van der Waals surface area contributed by atoms with Crippen LogP contribution in [0.25, 0.3) is 11.1 Å². The van der Waals surface area contributed by atoms with E-state index in [2.05, 4.69) is 0 Å². The number of hydrogen-bond donors (Lipinski definition) is 0. The summed E-state index contributed by atoms with van der Waals surface area (Å²) in [6.45, 7) is 3.92. The summed E-state index contributed by atoms with van der Waals surface area (Å²) in [5, 5.41) is 0.530. The predicted octanol–water partition coefficient (Wildman–Crippen LogP) is 6.45. The van der Waals surface area contributed by atoms with Gasteiger partial charge in [-0.15, -0.1) is 0 Å². The maximum atomic E-state index is 14.6. The van der Waals surface area contributed by atoms with Crippen LogP contribution in [0.2, 0.25) is 5.02 Å². The quantitative estimate of drug-likeness (QED) is 0.382. The monoisotopic (exact) mass is 495 g/mol. The number of rotatable bonds is 5. The first-order valence-electron chi connectivity index (χ1n) is 12.4. The number of carbonyl (C=O) groups is 3. The number of carbonyl (C=O) groups excluding carboxylic acids is 3. The van der Waals surface area contributed by atoms with Gasteiger partial charge in [0.15, 0.2) is 5.78 Å². The Kier molecular flexibility index (Phi) is 5.10. The second kappa shape index (κ2) is 8.01. The zero-order valence-electron chi connectivity index (χ0n) is 20.2. The maximum Gasteiger partial charge on any atom is 0.239 e. The van der Waals surface area contributed by atoms with E-state index in [0.717, 1.165) is 22.3 Å². The summed E-state index contributed by atoms with van der Waals surface area (Å²) in [6.07, 6.45) is 1.22. The van der Waals surface area contributed by atoms with Gasteiger partial charge in [0.05, 0.1) is 28.4 Å². The summed E-state index contributed by atoms with van der Waals surface area (Å²) in [5.41, 5.74) is 1.97. The highest BCUT2D eigenvalue weighted by atomic mass is 35.5. The van der Waals surface area contributed by atoms with Crippen LogP contribution in [0.1, 0.15) is 37.8 Å². The summed E-state index contributed by atoms with van der Waals surface area (Å²) >= 11 is 6.08. The molecule has 0 aromatic heterocycles. The number of nitrogens with zero attached hydrogens (tertiary/aromatic N) is 1. The van der Waals surface area contributed by atoms with E-state index in [1.54, 1.807) is 24.3 Å². The number of ketones is 1. The average Bonchev–Trinajstić information content (AvgIpc) is 3.36. The van der Waals surface area contributed by atoms with Crippen molar-refractivity contribution in [2.75, 3.05) is 4.90 Å². The molecule has 2 bridgehead atoms. The normalized spacial score (nSPS) is 28.9. The summed E-state index contributed by atoms with van der Waals surface area (Å²) < 4.78 is 0. The van der Waals surface area contributed by atoms with Gasteiger partial charge in [0, 0.05) is 5.02 Å². The van der Waals surface area contributed by atoms with Crippen LogP contribution < -0.4 is 4.90 Å². The first-order chi connectivity index (χ1) is 17.4. The van der Waals surface area contributed by atoms with Crippen LogP contribution in [0.15, 0.2) is 84.9 Å². The third-order valence-corrected chi connectivity index (χ3v) is 8.66. The van der Waals surface area contributed by atoms with Crippen molar-refractivity contribution < 1.29 is 14.4 Å². The largest absolute Gasteiger partial charge is 0.298 e. The third kappa shape index (κ3) is 2.74. The zero-order chi connectivity index (χ0) is 25.2. The molecule has 1 aliphatic heterocycles. The van der Waals surface area contributed by atoms with Gasteiger partial charge in [0.2, 0.25) is 11.8 Å². The molecular weight excluding hydrogens is 470 g/mol. The van der Waals surface area contributed by atoms with Gasteiger partial charge >= 0.3 is 0 Å². The van der Waals surface area contributed by atoms with Crippen LogP contribution in [0.3, 0.4) is 0 Å². The van der Waals surface area contributed by atoms with E-state index in [0.29, 0.717) is 23.6 Å². The zero-order valence-corrected chi connectivity index (χ0v) is 21.0. The van der Waals surface area contributed by atoms with E-state index in [1.807, 2.05) is 74.5 Å². The van der Waals surface area contributed by atoms with Crippen molar-refractivity contribution in [2.24, 2.45) is 22.7 Å². The molecule has 0 unspecified atom stereocenters. The number of benzene rings is 3. The van der Waals surface area contributed by atoms with Crippen LogP contribution in [0.5, 0.6) is 0 Å². The molecule has 1 heterocycles. The van der Waals surface area contributed by atoms with Gasteiger partial charge in [0.25, 0.3) is 0 Å². The Morgan fingerprint density at radius 3 is 1.83 bits per heavy atom. The number of Topliss-reactive ketones (excluding diaryl/α,β-unsaturated/α-hetero) is 1. The minimum Gasteiger partial charge on any atom is -0.298 e. The van der Waals surface area contributed by atoms with Crippen LogP contribution in [-0.4, -0.2) is 17.6 Å². The first kappa shape index (κ1) is 22.9. The molecule has 4 nitrogen and oxygen atoms in total. The molecule has 3 aromatic carbocycles. The fourth-order valence-electron chi connectivity index (χ4n) is 7.20. The molecule has 1 saturated heterocycles. The number of halogens is 1. The highest BCUT2D eigenvalue weighted by Gasteiger charge is 2.79. The van der Waals surface area contributed by atoms with Gasteiger partial charge in [-0.3, -0.25) is 14.4 Å². The van der Waals surface area contributed by atoms with E-state index in [-0.39, 0.29) is 17.6 Å². The lowest BCUT2D eigenvalue weighted by Crippen LogP contribution is -2.41. The molecule has 2 aliphatic carbocycles. The molecule has 2 amide bonds. The minimum atomic E-state index is -1.11. The van der Waals surface area contributed by atoms with Crippen LogP contribution in [0, 0.1) is 22.7 Å².